The lowest BCUT2D eigenvalue weighted by Gasteiger charge is -2.23. The Bertz CT molecular complexity index is 425. The number of nitrogens with two attached hydrogens (primary N) is 1. The van der Waals surface area contributed by atoms with Crippen molar-refractivity contribution in [3.8, 4) is 0 Å². The zero-order chi connectivity index (χ0) is 10.8. The first-order valence-electron chi connectivity index (χ1n) is 5.00. The van der Waals surface area contributed by atoms with Gasteiger partial charge < -0.3 is 11.1 Å². The standard InChI is InChI=1S/C9H14N4O2/c10-7-5-8(14)13(9(15)12-7)6-1-3-11-4-2-6/h5-6,11H,1-4,10H2,(H,12,15). The third-order valence-electron chi connectivity index (χ3n) is 2.66. The van der Waals surface area contributed by atoms with E-state index in [1.165, 1.54) is 10.6 Å². The molecule has 4 N–H and O–H groups in total. The molecule has 1 aromatic rings. The molecule has 0 amide bonds. The van der Waals surface area contributed by atoms with Gasteiger partial charge >= 0.3 is 5.69 Å². The predicted octanol–water partition coefficient (Wildman–Crippen LogP) is -0.957. The first-order chi connectivity index (χ1) is 7.18. The first kappa shape index (κ1) is 9.97. The van der Waals surface area contributed by atoms with Crippen LogP contribution < -0.4 is 22.3 Å². The maximum absolute atomic E-state index is 11.6. The van der Waals surface area contributed by atoms with Crippen LogP contribution >= 0.6 is 0 Å². The molecule has 6 nitrogen and oxygen atoms in total. The summed E-state index contributed by atoms with van der Waals surface area (Å²) in [6.45, 7) is 1.67. The van der Waals surface area contributed by atoms with Crippen LogP contribution in [0.25, 0.3) is 0 Å². The molecule has 0 bridgehead atoms. The molecule has 2 rings (SSSR count). The summed E-state index contributed by atoms with van der Waals surface area (Å²) in [6.07, 6.45) is 1.60. The number of aromatic amines is 1. The summed E-state index contributed by atoms with van der Waals surface area (Å²) in [5.41, 5.74) is 4.65. The maximum atomic E-state index is 11.6. The highest BCUT2D eigenvalue weighted by molar-refractivity contribution is 5.23. The minimum atomic E-state index is -0.410. The molecule has 6 heteroatoms. The monoisotopic (exact) mass is 210 g/mol. The highest BCUT2D eigenvalue weighted by Gasteiger charge is 2.18. The van der Waals surface area contributed by atoms with Crippen molar-refractivity contribution in [1.82, 2.24) is 14.9 Å². The third-order valence-corrected chi connectivity index (χ3v) is 2.66. The predicted molar refractivity (Wildman–Crippen MR) is 56.9 cm³/mol. The molecule has 15 heavy (non-hydrogen) atoms. The largest absolute Gasteiger partial charge is 0.385 e. The van der Waals surface area contributed by atoms with Gasteiger partial charge in [-0.15, -0.1) is 0 Å². The number of hydrogen-bond donors (Lipinski definition) is 3. The van der Waals surface area contributed by atoms with E-state index in [9.17, 15) is 9.59 Å². The van der Waals surface area contributed by atoms with Gasteiger partial charge in [0.05, 0.1) is 0 Å². The molecule has 0 radical (unpaired) electrons. The number of H-pyrrole nitrogens is 1. The Morgan fingerprint density at radius 1 is 1.33 bits per heavy atom. The molecule has 1 fully saturated rings. The van der Waals surface area contributed by atoms with Gasteiger partial charge in [0.15, 0.2) is 0 Å². The average molecular weight is 210 g/mol. The van der Waals surface area contributed by atoms with Crippen LogP contribution in [0.3, 0.4) is 0 Å². The zero-order valence-electron chi connectivity index (χ0n) is 8.32. The van der Waals surface area contributed by atoms with E-state index in [-0.39, 0.29) is 17.4 Å². The summed E-state index contributed by atoms with van der Waals surface area (Å²) in [6, 6.07) is 1.24. The fraction of sp³-hybridized carbons (Fsp3) is 0.556. The second kappa shape index (κ2) is 3.90. The Labute approximate surface area is 86.1 Å². The third kappa shape index (κ3) is 1.94. The van der Waals surface area contributed by atoms with Gasteiger partial charge in [-0.1, -0.05) is 0 Å². The highest BCUT2D eigenvalue weighted by Crippen LogP contribution is 2.13. The van der Waals surface area contributed by atoms with Crippen molar-refractivity contribution in [2.75, 3.05) is 18.8 Å². The molecule has 0 aromatic carbocycles. The lowest BCUT2D eigenvalue weighted by molar-refractivity contribution is 0.350. The Balaban J connectivity index is 2.43. The number of hydrogen-bond acceptors (Lipinski definition) is 4. The van der Waals surface area contributed by atoms with E-state index in [0.29, 0.717) is 0 Å². The summed E-state index contributed by atoms with van der Waals surface area (Å²) in [4.78, 5) is 25.6. The fourth-order valence-electron chi connectivity index (χ4n) is 1.93. The maximum Gasteiger partial charge on any atom is 0.330 e. The van der Waals surface area contributed by atoms with Gasteiger partial charge in [-0.25, -0.2) is 4.79 Å². The normalized spacial score (nSPS) is 17.9. The van der Waals surface area contributed by atoms with E-state index in [0.717, 1.165) is 25.9 Å². The minimum Gasteiger partial charge on any atom is -0.385 e. The highest BCUT2D eigenvalue weighted by atomic mass is 16.2. The summed E-state index contributed by atoms with van der Waals surface area (Å²) in [7, 11) is 0. The van der Waals surface area contributed by atoms with Crippen molar-refractivity contribution in [3.63, 3.8) is 0 Å². The topological polar surface area (TPSA) is 92.9 Å². The Morgan fingerprint density at radius 2 is 2.00 bits per heavy atom. The number of nitrogens with zero attached hydrogens (tertiary/aromatic N) is 1. The molecule has 2 heterocycles. The second-order valence-corrected chi connectivity index (χ2v) is 3.72. The van der Waals surface area contributed by atoms with E-state index in [1.807, 2.05) is 0 Å². The second-order valence-electron chi connectivity index (χ2n) is 3.72. The van der Waals surface area contributed by atoms with E-state index >= 15 is 0 Å². The Morgan fingerprint density at radius 3 is 2.60 bits per heavy atom. The van der Waals surface area contributed by atoms with Crippen LogP contribution in [0.1, 0.15) is 18.9 Å². The SMILES string of the molecule is Nc1cc(=O)n(C2CCNCC2)c(=O)[nH]1. The average Bonchev–Trinajstić information content (AvgIpc) is 2.17. The number of nitrogens with one attached hydrogen (secondary N) is 2. The van der Waals surface area contributed by atoms with Crippen LogP contribution in [0.4, 0.5) is 5.82 Å². The molecule has 0 spiro atoms. The number of piperidine rings is 1. The molecule has 0 aliphatic carbocycles. The van der Waals surface area contributed by atoms with E-state index < -0.39 is 5.69 Å². The fourth-order valence-corrected chi connectivity index (χ4v) is 1.93. The van der Waals surface area contributed by atoms with Crippen molar-refractivity contribution in [2.24, 2.45) is 0 Å². The van der Waals surface area contributed by atoms with E-state index in [2.05, 4.69) is 10.3 Å². The van der Waals surface area contributed by atoms with Crippen LogP contribution in [0, 0.1) is 0 Å². The summed E-state index contributed by atoms with van der Waals surface area (Å²) in [5, 5.41) is 3.18. The molecule has 1 aromatic heterocycles. The van der Waals surface area contributed by atoms with Crippen molar-refractivity contribution in [1.29, 1.82) is 0 Å². The molecule has 1 saturated heterocycles. The van der Waals surface area contributed by atoms with Gasteiger partial charge in [-0.2, -0.15) is 0 Å². The van der Waals surface area contributed by atoms with Gasteiger partial charge in [0.2, 0.25) is 0 Å². The first-order valence-corrected chi connectivity index (χ1v) is 5.00. The van der Waals surface area contributed by atoms with Crippen LogP contribution in [0.15, 0.2) is 15.7 Å². The van der Waals surface area contributed by atoms with Gasteiger partial charge in [0.25, 0.3) is 5.56 Å². The minimum absolute atomic E-state index is 0.0110. The van der Waals surface area contributed by atoms with Crippen LogP contribution in [-0.2, 0) is 0 Å². The number of rotatable bonds is 1. The number of aromatic nitrogens is 2. The quantitative estimate of drug-likeness (QED) is 0.556. The summed E-state index contributed by atoms with van der Waals surface area (Å²) >= 11 is 0. The van der Waals surface area contributed by atoms with Crippen LogP contribution in [-0.4, -0.2) is 22.6 Å². The van der Waals surface area contributed by atoms with Crippen LogP contribution in [0.5, 0.6) is 0 Å². The number of anilines is 1. The molecule has 82 valence electrons. The Hall–Kier alpha value is -1.56. The molecular weight excluding hydrogens is 196 g/mol. The van der Waals surface area contributed by atoms with E-state index in [1.54, 1.807) is 0 Å². The summed E-state index contributed by atoms with van der Waals surface area (Å²) < 4.78 is 1.26. The molecule has 0 atom stereocenters. The van der Waals surface area contributed by atoms with E-state index in [4.69, 9.17) is 5.73 Å². The molecule has 1 aliphatic heterocycles. The van der Waals surface area contributed by atoms with Gasteiger partial charge in [-0.3, -0.25) is 14.3 Å². The molecule has 0 unspecified atom stereocenters. The van der Waals surface area contributed by atoms with Gasteiger partial charge in [0.1, 0.15) is 5.82 Å². The van der Waals surface area contributed by atoms with Crippen molar-refractivity contribution < 1.29 is 0 Å². The lowest BCUT2D eigenvalue weighted by Crippen LogP contribution is -2.42. The van der Waals surface area contributed by atoms with Crippen molar-refractivity contribution >= 4 is 5.82 Å². The smallest absolute Gasteiger partial charge is 0.330 e. The Kier molecular flexibility index (Phi) is 2.59. The summed E-state index contributed by atoms with van der Waals surface area (Å²) in [5.74, 6) is 0.121. The van der Waals surface area contributed by atoms with Crippen LogP contribution in [0.2, 0.25) is 0 Å². The lowest BCUT2D eigenvalue weighted by atomic mass is 10.1. The molecule has 1 aliphatic rings. The zero-order valence-corrected chi connectivity index (χ0v) is 8.32. The molecular formula is C9H14N4O2. The van der Waals surface area contributed by atoms with Crippen molar-refractivity contribution in [3.05, 3.63) is 26.9 Å². The van der Waals surface area contributed by atoms with Gasteiger partial charge in [-0.05, 0) is 25.9 Å². The van der Waals surface area contributed by atoms with Crippen molar-refractivity contribution in [2.45, 2.75) is 18.9 Å². The van der Waals surface area contributed by atoms with Gasteiger partial charge in [0, 0.05) is 12.1 Å². The molecule has 0 saturated carbocycles. The number of nitrogen functional groups attached to an aromatic ring is 1.